The number of rotatable bonds is 4. The van der Waals surface area contributed by atoms with Crippen molar-refractivity contribution in [2.45, 2.75) is 18.9 Å². The molecule has 1 aliphatic rings. The molecule has 0 atom stereocenters. The van der Waals surface area contributed by atoms with Gasteiger partial charge in [0, 0.05) is 6.04 Å². The number of fused-ring (bicyclic) bond motifs is 1. The summed E-state index contributed by atoms with van der Waals surface area (Å²) in [5, 5.41) is 3.32. The summed E-state index contributed by atoms with van der Waals surface area (Å²) in [6.45, 7) is 0. The molecule has 20 heavy (non-hydrogen) atoms. The second kappa shape index (κ2) is 5.32. The van der Waals surface area contributed by atoms with Crippen molar-refractivity contribution in [3.05, 3.63) is 35.4 Å². The van der Waals surface area contributed by atoms with Crippen LogP contribution in [0, 0.1) is 0 Å². The van der Waals surface area contributed by atoms with Crippen molar-refractivity contribution in [3.8, 4) is 12.0 Å². The number of aromatic nitrogens is 3. The lowest BCUT2D eigenvalue weighted by molar-refractivity contribution is 0.341. The zero-order valence-corrected chi connectivity index (χ0v) is 11.5. The van der Waals surface area contributed by atoms with E-state index in [1.807, 2.05) is 0 Å². The van der Waals surface area contributed by atoms with Gasteiger partial charge in [0.15, 0.2) is 0 Å². The molecular weight excluding hydrogens is 256 g/mol. The zero-order valence-electron chi connectivity index (χ0n) is 11.5. The van der Waals surface area contributed by atoms with E-state index in [4.69, 9.17) is 9.47 Å². The third-order valence-electron chi connectivity index (χ3n) is 3.34. The summed E-state index contributed by atoms with van der Waals surface area (Å²) < 4.78 is 10.1. The van der Waals surface area contributed by atoms with Crippen LogP contribution in [0.5, 0.6) is 12.0 Å². The van der Waals surface area contributed by atoms with Gasteiger partial charge in [-0.1, -0.05) is 24.3 Å². The highest BCUT2D eigenvalue weighted by atomic mass is 16.5. The molecule has 0 bridgehead atoms. The van der Waals surface area contributed by atoms with Crippen molar-refractivity contribution >= 4 is 5.95 Å². The summed E-state index contributed by atoms with van der Waals surface area (Å²) >= 11 is 0. The van der Waals surface area contributed by atoms with Crippen LogP contribution >= 0.6 is 0 Å². The molecule has 6 heteroatoms. The number of ether oxygens (including phenoxy) is 2. The Morgan fingerprint density at radius 2 is 1.50 bits per heavy atom. The molecule has 0 spiro atoms. The Balaban J connectivity index is 1.76. The summed E-state index contributed by atoms with van der Waals surface area (Å²) in [5.74, 6) is 0.478. The van der Waals surface area contributed by atoms with Gasteiger partial charge in [0.25, 0.3) is 0 Å². The number of methoxy groups -OCH3 is 2. The molecule has 1 aliphatic carbocycles. The maximum atomic E-state index is 5.04. The van der Waals surface area contributed by atoms with Gasteiger partial charge in [0.05, 0.1) is 14.2 Å². The second-order valence-corrected chi connectivity index (χ2v) is 4.65. The zero-order chi connectivity index (χ0) is 13.9. The van der Waals surface area contributed by atoms with Crippen LogP contribution < -0.4 is 14.8 Å². The Morgan fingerprint density at radius 1 is 0.950 bits per heavy atom. The SMILES string of the molecule is COc1nc(NC2Cc3ccccc3C2)nc(OC)n1. The average Bonchev–Trinajstić information content (AvgIpc) is 2.88. The first-order valence-electron chi connectivity index (χ1n) is 6.46. The summed E-state index contributed by atoms with van der Waals surface area (Å²) in [6.07, 6.45) is 1.93. The van der Waals surface area contributed by atoms with Crippen LogP contribution in [0.3, 0.4) is 0 Å². The van der Waals surface area contributed by atoms with E-state index < -0.39 is 0 Å². The van der Waals surface area contributed by atoms with Crippen molar-refractivity contribution in [3.63, 3.8) is 0 Å². The minimum Gasteiger partial charge on any atom is -0.467 e. The van der Waals surface area contributed by atoms with Gasteiger partial charge in [-0.3, -0.25) is 0 Å². The largest absolute Gasteiger partial charge is 0.467 e. The van der Waals surface area contributed by atoms with Crippen molar-refractivity contribution in [2.75, 3.05) is 19.5 Å². The van der Waals surface area contributed by atoms with Gasteiger partial charge in [0.1, 0.15) is 0 Å². The first-order valence-corrected chi connectivity index (χ1v) is 6.46. The van der Waals surface area contributed by atoms with Crippen LogP contribution in [0.4, 0.5) is 5.95 Å². The lowest BCUT2D eigenvalue weighted by Gasteiger charge is -2.12. The van der Waals surface area contributed by atoms with Crippen LogP contribution in [0.1, 0.15) is 11.1 Å². The predicted molar refractivity (Wildman–Crippen MR) is 74.2 cm³/mol. The number of anilines is 1. The summed E-state index contributed by atoms with van der Waals surface area (Å²) in [6, 6.07) is 9.22. The molecule has 3 rings (SSSR count). The average molecular weight is 272 g/mol. The molecule has 6 nitrogen and oxygen atoms in total. The minimum atomic E-state index is 0.245. The third-order valence-corrected chi connectivity index (χ3v) is 3.34. The van der Waals surface area contributed by atoms with Gasteiger partial charge in [-0.15, -0.1) is 4.98 Å². The van der Waals surface area contributed by atoms with Crippen LogP contribution in [-0.4, -0.2) is 35.2 Å². The molecule has 104 valence electrons. The fourth-order valence-electron chi connectivity index (χ4n) is 2.43. The lowest BCUT2D eigenvalue weighted by atomic mass is 10.1. The monoisotopic (exact) mass is 272 g/mol. The fraction of sp³-hybridized carbons (Fsp3) is 0.357. The van der Waals surface area contributed by atoms with Crippen molar-refractivity contribution < 1.29 is 9.47 Å². The van der Waals surface area contributed by atoms with Gasteiger partial charge >= 0.3 is 12.0 Å². The van der Waals surface area contributed by atoms with Gasteiger partial charge in [-0.25, -0.2) is 0 Å². The number of hydrogen-bond acceptors (Lipinski definition) is 6. The molecule has 1 aromatic heterocycles. The molecule has 1 N–H and O–H groups in total. The second-order valence-electron chi connectivity index (χ2n) is 4.65. The number of nitrogens with one attached hydrogen (secondary N) is 1. The lowest BCUT2D eigenvalue weighted by Crippen LogP contribution is -2.21. The normalized spacial score (nSPS) is 13.9. The van der Waals surface area contributed by atoms with E-state index >= 15 is 0 Å². The van der Waals surface area contributed by atoms with E-state index in [0.717, 1.165) is 12.8 Å². The van der Waals surface area contributed by atoms with Gasteiger partial charge in [0.2, 0.25) is 5.95 Å². The van der Waals surface area contributed by atoms with Gasteiger partial charge in [-0.05, 0) is 24.0 Å². The molecule has 0 aliphatic heterocycles. The highest BCUT2D eigenvalue weighted by Gasteiger charge is 2.22. The van der Waals surface area contributed by atoms with Crippen molar-refractivity contribution in [1.29, 1.82) is 0 Å². The van der Waals surface area contributed by atoms with E-state index in [1.54, 1.807) is 0 Å². The smallest absolute Gasteiger partial charge is 0.324 e. The van der Waals surface area contributed by atoms with Crippen molar-refractivity contribution in [1.82, 2.24) is 15.0 Å². The molecule has 0 saturated heterocycles. The fourth-order valence-corrected chi connectivity index (χ4v) is 2.43. The Morgan fingerprint density at radius 3 is 2.00 bits per heavy atom. The molecule has 2 aromatic rings. The standard InChI is InChI=1S/C14H16N4O2/c1-19-13-16-12(17-14(18-13)20-2)15-11-7-9-5-3-4-6-10(9)8-11/h3-6,11H,7-8H2,1-2H3,(H,15,16,17,18). The Labute approximate surface area is 117 Å². The van der Waals surface area contributed by atoms with Crippen LogP contribution in [-0.2, 0) is 12.8 Å². The summed E-state index contributed by atoms with van der Waals surface area (Å²) in [7, 11) is 3.04. The van der Waals surface area contributed by atoms with Crippen LogP contribution in [0.15, 0.2) is 24.3 Å². The molecular formula is C14H16N4O2. The highest BCUT2D eigenvalue weighted by molar-refractivity contribution is 5.38. The molecule has 0 amide bonds. The third kappa shape index (κ3) is 2.49. The van der Waals surface area contributed by atoms with E-state index in [2.05, 4.69) is 44.5 Å². The predicted octanol–water partition coefficient (Wildman–Crippen LogP) is 1.47. The topological polar surface area (TPSA) is 69.2 Å². The highest BCUT2D eigenvalue weighted by Crippen LogP contribution is 2.24. The summed E-state index contributed by atoms with van der Waals surface area (Å²) in [4.78, 5) is 12.4. The maximum Gasteiger partial charge on any atom is 0.324 e. The van der Waals surface area contributed by atoms with E-state index in [0.29, 0.717) is 5.95 Å². The minimum absolute atomic E-state index is 0.245. The first-order chi connectivity index (χ1) is 9.78. The van der Waals surface area contributed by atoms with Gasteiger partial charge in [-0.2, -0.15) is 9.97 Å². The van der Waals surface area contributed by atoms with E-state index in [-0.39, 0.29) is 18.1 Å². The number of benzene rings is 1. The van der Waals surface area contributed by atoms with Gasteiger partial charge < -0.3 is 14.8 Å². The van der Waals surface area contributed by atoms with Crippen LogP contribution in [0.25, 0.3) is 0 Å². The molecule has 0 radical (unpaired) electrons. The molecule has 0 unspecified atom stereocenters. The Kier molecular flexibility index (Phi) is 3.37. The van der Waals surface area contributed by atoms with E-state index in [9.17, 15) is 0 Å². The maximum absolute atomic E-state index is 5.04. The quantitative estimate of drug-likeness (QED) is 0.909. The van der Waals surface area contributed by atoms with Crippen LogP contribution in [0.2, 0.25) is 0 Å². The molecule has 0 saturated carbocycles. The number of nitrogens with zero attached hydrogens (tertiary/aromatic N) is 3. The molecule has 0 fully saturated rings. The molecule has 1 aromatic carbocycles. The van der Waals surface area contributed by atoms with E-state index in [1.165, 1.54) is 25.3 Å². The number of hydrogen-bond donors (Lipinski definition) is 1. The Bertz CT molecular complexity index is 571. The Hall–Kier alpha value is -2.37. The summed E-state index contributed by atoms with van der Waals surface area (Å²) in [5.41, 5.74) is 2.75. The van der Waals surface area contributed by atoms with Crippen molar-refractivity contribution in [2.24, 2.45) is 0 Å². The first kappa shape index (κ1) is 12.7. The molecule has 1 heterocycles.